The maximum absolute atomic E-state index is 12.4. The lowest BCUT2D eigenvalue weighted by Gasteiger charge is -2.15. The van der Waals surface area contributed by atoms with Crippen molar-refractivity contribution in [3.63, 3.8) is 0 Å². The third-order valence-electron chi connectivity index (χ3n) is 3.28. The number of rotatable bonds is 6. The Balaban J connectivity index is 2.13. The highest BCUT2D eigenvalue weighted by Gasteiger charge is 2.40. The smallest absolute Gasteiger partial charge is 0.339 e. The third kappa shape index (κ3) is 3.67. The van der Waals surface area contributed by atoms with E-state index in [-0.39, 0.29) is 30.0 Å². The van der Waals surface area contributed by atoms with Gasteiger partial charge in [0.25, 0.3) is 0 Å². The number of esters is 1. The molecule has 1 fully saturated rings. The molecular weight excluding hydrogens is 338 g/mol. The number of anilines is 1. The Morgan fingerprint density at radius 3 is 2.67 bits per heavy atom. The van der Waals surface area contributed by atoms with Crippen molar-refractivity contribution in [3.05, 3.63) is 23.8 Å². The quantitative estimate of drug-likeness (QED) is 0.574. The molecule has 0 aromatic heterocycles. The zero-order valence-corrected chi connectivity index (χ0v) is 13.5. The number of hydrogen-bond donors (Lipinski definition) is 2. The summed E-state index contributed by atoms with van der Waals surface area (Å²) in [6.45, 7) is 1.90. The molecule has 1 atom stereocenters. The van der Waals surface area contributed by atoms with Gasteiger partial charge in [-0.05, 0) is 19.1 Å². The van der Waals surface area contributed by atoms with Crippen molar-refractivity contribution in [2.45, 2.75) is 18.6 Å². The van der Waals surface area contributed by atoms with Crippen LogP contribution in [-0.2, 0) is 19.1 Å². The number of aromatic hydroxyl groups is 1. The molecule has 0 aliphatic carbocycles. The molecule has 1 unspecified atom stereocenters. The Morgan fingerprint density at radius 1 is 1.38 bits per heavy atom. The first-order valence-electron chi connectivity index (χ1n) is 7.05. The number of carboxylic acids is 1. The minimum absolute atomic E-state index is 0.0471. The van der Waals surface area contributed by atoms with E-state index in [1.54, 1.807) is 6.92 Å². The van der Waals surface area contributed by atoms with Crippen LogP contribution >= 0.6 is 11.8 Å². The molecular formula is C15H15NO7S. The van der Waals surface area contributed by atoms with E-state index < -0.39 is 34.8 Å². The molecule has 128 valence electrons. The van der Waals surface area contributed by atoms with Crippen LogP contribution in [0.5, 0.6) is 5.75 Å². The second kappa shape index (κ2) is 7.35. The highest BCUT2D eigenvalue weighted by Crippen LogP contribution is 2.32. The number of thioether (sulfide) groups is 1. The summed E-state index contributed by atoms with van der Waals surface area (Å²) in [5.41, 5.74) is -0.238. The maximum Gasteiger partial charge on any atom is 0.339 e. The van der Waals surface area contributed by atoms with E-state index in [1.165, 1.54) is 6.07 Å². The van der Waals surface area contributed by atoms with Gasteiger partial charge in [0.1, 0.15) is 11.3 Å². The maximum atomic E-state index is 12.4. The number of hydrogen-bond acceptors (Lipinski definition) is 7. The van der Waals surface area contributed by atoms with Crippen LogP contribution in [-0.4, -0.2) is 51.6 Å². The van der Waals surface area contributed by atoms with Crippen molar-refractivity contribution in [2.24, 2.45) is 0 Å². The Morgan fingerprint density at radius 2 is 2.08 bits per heavy atom. The van der Waals surface area contributed by atoms with E-state index in [0.29, 0.717) is 0 Å². The Bertz CT molecular complexity index is 703. The lowest BCUT2D eigenvalue weighted by molar-refractivity contribution is -0.139. The standard InChI is InChI=1S/C15H15NO7S/c1-2-23-13(19)7-24-11-6-12(18)16(14(11)20)8-3-4-9(15(21)22)10(17)5-8/h3-5,11,17H,2,6-7H2,1H3,(H,21,22). The lowest BCUT2D eigenvalue weighted by atomic mass is 10.1. The van der Waals surface area contributed by atoms with E-state index >= 15 is 0 Å². The summed E-state index contributed by atoms with van der Waals surface area (Å²) in [6.07, 6.45) is -0.0790. The van der Waals surface area contributed by atoms with Gasteiger partial charge in [-0.25, -0.2) is 9.69 Å². The molecule has 0 bridgehead atoms. The summed E-state index contributed by atoms with van der Waals surface area (Å²) < 4.78 is 4.77. The molecule has 0 radical (unpaired) electrons. The van der Waals surface area contributed by atoms with E-state index in [1.807, 2.05) is 0 Å². The Labute approximate surface area is 141 Å². The van der Waals surface area contributed by atoms with E-state index in [2.05, 4.69) is 0 Å². The van der Waals surface area contributed by atoms with Crippen molar-refractivity contribution >= 4 is 41.2 Å². The van der Waals surface area contributed by atoms with Gasteiger partial charge in [0.15, 0.2) is 0 Å². The molecule has 0 spiro atoms. The highest BCUT2D eigenvalue weighted by molar-refractivity contribution is 8.01. The summed E-state index contributed by atoms with van der Waals surface area (Å²) in [7, 11) is 0. The Kier molecular flexibility index (Phi) is 5.45. The number of carbonyl (C=O) groups excluding carboxylic acids is 3. The number of aromatic carboxylic acids is 1. The fraction of sp³-hybridized carbons (Fsp3) is 0.333. The topological polar surface area (TPSA) is 121 Å². The zero-order chi connectivity index (χ0) is 17.9. The number of ether oxygens (including phenoxy) is 1. The molecule has 8 nitrogen and oxygen atoms in total. The average molecular weight is 353 g/mol. The monoisotopic (exact) mass is 353 g/mol. The second-order valence-corrected chi connectivity index (χ2v) is 6.07. The number of imide groups is 1. The third-order valence-corrected chi connectivity index (χ3v) is 4.46. The van der Waals surface area contributed by atoms with Crippen LogP contribution in [0.1, 0.15) is 23.7 Å². The number of benzene rings is 1. The van der Waals surface area contributed by atoms with Crippen LogP contribution in [0.4, 0.5) is 5.69 Å². The van der Waals surface area contributed by atoms with Crippen LogP contribution in [0.2, 0.25) is 0 Å². The molecule has 9 heteroatoms. The van der Waals surface area contributed by atoms with Gasteiger partial charge in [-0.3, -0.25) is 14.4 Å². The van der Waals surface area contributed by atoms with Gasteiger partial charge in [-0.2, -0.15) is 0 Å². The molecule has 1 saturated heterocycles. The van der Waals surface area contributed by atoms with Gasteiger partial charge in [0, 0.05) is 12.5 Å². The summed E-state index contributed by atoms with van der Waals surface area (Å²) >= 11 is 1.01. The number of carbonyl (C=O) groups is 4. The first-order valence-corrected chi connectivity index (χ1v) is 8.10. The molecule has 24 heavy (non-hydrogen) atoms. The van der Waals surface area contributed by atoms with Crippen LogP contribution in [0.25, 0.3) is 0 Å². The second-order valence-electron chi connectivity index (χ2n) is 4.88. The van der Waals surface area contributed by atoms with Crippen molar-refractivity contribution in [3.8, 4) is 5.75 Å². The highest BCUT2D eigenvalue weighted by atomic mass is 32.2. The molecule has 2 N–H and O–H groups in total. The normalized spacial score (nSPS) is 17.2. The van der Waals surface area contributed by atoms with Gasteiger partial charge in [-0.15, -0.1) is 11.8 Å². The molecule has 2 rings (SSSR count). The van der Waals surface area contributed by atoms with Crippen molar-refractivity contribution in [1.29, 1.82) is 0 Å². The molecule has 2 amide bonds. The van der Waals surface area contributed by atoms with Crippen LogP contribution < -0.4 is 4.90 Å². The predicted octanol–water partition coefficient (Wildman–Crippen LogP) is 1.02. The molecule has 1 aromatic carbocycles. The van der Waals surface area contributed by atoms with Gasteiger partial charge < -0.3 is 14.9 Å². The first kappa shape index (κ1) is 17.8. The van der Waals surface area contributed by atoms with E-state index in [4.69, 9.17) is 9.84 Å². The minimum Gasteiger partial charge on any atom is -0.507 e. The average Bonchev–Trinajstić information content (AvgIpc) is 2.79. The Hall–Kier alpha value is -2.55. The summed E-state index contributed by atoms with van der Waals surface area (Å²) in [4.78, 5) is 47.5. The molecule has 0 saturated carbocycles. The van der Waals surface area contributed by atoms with Crippen LogP contribution in [0, 0.1) is 0 Å². The molecule has 1 aliphatic rings. The van der Waals surface area contributed by atoms with Crippen molar-refractivity contribution < 1.29 is 34.1 Å². The lowest BCUT2D eigenvalue weighted by Crippen LogP contribution is -2.31. The minimum atomic E-state index is -1.32. The molecule has 1 aliphatic heterocycles. The van der Waals surface area contributed by atoms with Crippen molar-refractivity contribution in [1.82, 2.24) is 0 Å². The summed E-state index contributed by atoms with van der Waals surface area (Å²) in [5, 5.41) is 17.9. The van der Waals surface area contributed by atoms with Gasteiger partial charge in [0.2, 0.25) is 11.8 Å². The van der Waals surface area contributed by atoms with Crippen LogP contribution in [0.15, 0.2) is 18.2 Å². The van der Waals surface area contributed by atoms with Gasteiger partial charge in [0.05, 0.1) is 23.3 Å². The van der Waals surface area contributed by atoms with Gasteiger partial charge >= 0.3 is 11.9 Å². The fourth-order valence-corrected chi connectivity index (χ4v) is 3.15. The van der Waals surface area contributed by atoms with Gasteiger partial charge in [-0.1, -0.05) is 0 Å². The molecule has 1 aromatic rings. The number of nitrogens with zero attached hydrogens (tertiary/aromatic N) is 1. The predicted molar refractivity (Wildman–Crippen MR) is 85.1 cm³/mol. The SMILES string of the molecule is CCOC(=O)CSC1CC(=O)N(c2ccc(C(=O)O)c(O)c2)C1=O. The van der Waals surface area contributed by atoms with E-state index in [0.717, 1.165) is 28.8 Å². The van der Waals surface area contributed by atoms with E-state index in [9.17, 15) is 24.3 Å². The van der Waals surface area contributed by atoms with Crippen molar-refractivity contribution in [2.75, 3.05) is 17.3 Å². The largest absolute Gasteiger partial charge is 0.507 e. The fourth-order valence-electron chi connectivity index (χ4n) is 2.22. The number of phenols is 1. The summed E-state index contributed by atoms with van der Waals surface area (Å²) in [5.74, 6) is -3.37. The number of amides is 2. The first-order chi connectivity index (χ1) is 11.3. The zero-order valence-electron chi connectivity index (χ0n) is 12.7. The number of carboxylic acid groups (broad SMARTS) is 1. The molecule has 1 heterocycles. The summed E-state index contributed by atoms with van der Waals surface area (Å²) in [6, 6.07) is 3.45. The van der Waals surface area contributed by atoms with Crippen LogP contribution in [0.3, 0.4) is 0 Å².